The summed E-state index contributed by atoms with van der Waals surface area (Å²) in [7, 11) is 0. The number of rotatable bonds is 5. The van der Waals surface area contributed by atoms with Crippen molar-refractivity contribution in [3.05, 3.63) is 50.5 Å². The average molecular weight is 345 g/mol. The predicted octanol–water partition coefficient (Wildman–Crippen LogP) is 4.46. The molecule has 2 N–H and O–H groups in total. The summed E-state index contributed by atoms with van der Waals surface area (Å²) in [5.41, 5.74) is 1.60. The lowest BCUT2D eigenvalue weighted by atomic mass is 10.0. The van der Waals surface area contributed by atoms with Crippen molar-refractivity contribution in [2.24, 2.45) is 4.99 Å². The fourth-order valence-electron chi connectivity index (χ4n) is 2.34. The van der Waals surface area contributed by atoms with E-state index in [4.69, 9.17) is 12.2 Å². The van der Waals surface area contributed by atoms with E-state index in [2.05, 4.69) is 23.8 Å². The molecule has 0 spiro atoms. The molecule has 0 bridgehead atoms. The van der Waals surface area contributed by atoms with Crippen LogP contribution in [0.2, 0.25) is 0 Å². The van der Waals surface area contributed by atoms with Crippen LogP contribution in [0.5, 0.6) is 5.88 Å². The zero-order chi connectivity index (χ0) is 17.9. The second-order valence-corrected chi connectivity index (χ2v) is 6.51. The van der Waals surface area contributed by atoms with Crippen LogP contribution in [0.1, 0.15) is 57.2 Å². The third kappa shape index (κ3) is 3.82. The van der Waals surface area contributed by atoms with Crippen molar-refractivity contribution in [1.29, 1.82) is 0 Å². The maximum Gasteiger partial charge on any atom is 0.264 e. The zero-order valence-electron chi connectivity index (χ0n) is 14.4. The molecule has 0 amide bonds. The molecule has 0 aliphatic rings. The number of nitrogens with one attached hydrogen (secondary N) is 1. The van der Waals surface area contributed by atoms with Crippen LogP contribution in [0.15, 0.2) is 34.1 Å². The van der Waals surface area contributed by atoms with Crippen molar-refractivity contribution in [3.63, 3.8) is 0 Å². The topological polar surface area (TPSA) is 70.4 Å². The summed E-state index contributed by atoms with van der Waals surface area (Å²) in [5, 5.41) is 10.4. The summed E-state index contributed by atoms with van der Waals surface area (Å²) < 4.78 is 1.75. The Kier molecular flexibility index (Phi) is 5.72. The summed E-state index contributed by atoms with van der Waals surface area (Å²) in [6, 6.07) is 7.77. The first kappa shape index (κ1) is 18.1. The molecule has 0 aliphatic carbocycles. The Morgan fingerprint density at radius 1 is 1.29 bits per heavy atom. The van der Waals surface area contributed by atoms with Gasteiger partial charge in [-0.2, -0.15) is 0 Å². The van der Waals surface area contributed by atoms with E-state index in [1.54, 1.807) is 4.57 Å². The second kappa shape index (κ2) is 7.57. The molecular formula is C18H23N3O2S. The Hall–Kier alpha value is -2.21. The van der Waals surface area contributed by atoms with E-state index in [0.29, 0.717) is 5.92 Å². The first-order valence-electron chi connectivity index (χ1n) is 8.07. The highest BCUT2D eigenvalue weighted by molar-refractivity contribution is 7.71. The summed E-state index contributed by atoms with van der Waals surface area (Å²) in [6.45, 7) is 8.17. The fourth-order valence-corrected chi connectivity index (χ4v) is 2.70. The summed E-state index contributed by atoms with van der Waals surface area (Å²) >= 11 is 5.15. The molecule has 0 saturated heterocycles. The van der Waals surface area contributed by atoms with E-state index in [1.165, 1.54) is 11.8 Å². The lowest BCUT2D eigenvalue weighted by Crippen LogP contribution is -2.20. The van der Waals surface area contributed by atoms with E-state index in [1.807, 2.05) is 38.1 Å². The molecule has 0 saturated carbocycles. The van der Waals surface area contributed by atoms with Crippen LogP contribution >= 0.6 is 12.2 Å². The summed E-state index contributed by atoms with van der Waals surface area (Å²) in [5.74, 6) is 0.296. The van der Waals surface area contributed by atoms with Gasteiger partial charge in [0.1, 0.15) is 5.56 Å². The van der Waals surface area contributed by atoms with E-state index < -0.39 is 5.56 Å². The van der Waals surface area contributed by atoms with Crippen molar-refractivity contribution < 1.29 is 5.11 Å². The Bertz CT molecular complexity index is 848. The largest absolute Gasteiger partial charge is 0.494 e. The zero-order valence-corrected chi connectivity index (χ0v) is 15.2. The minimum atomic E-state index is -0.445. The van der Waals surface area contributed by atoms with Gasteiger partial charge >= 0.3 is 0 Å². The third-order valence-corrected chi connectivity index (χ3v) is 4.39. The number of hydrogen-bond acceptors (Lipinski definition) is 4. The van der Waals surface area contributed by atoms with Gasteiger partial charge in [-0.25, -0.2) is 0 Å². The third-order valence-electron chi connectivity index (χ3n) is 4.09. The maximum absolute atomic E-state index is 12.1. The van der Waals surface area contributed by atoms with Gasteiger partial charge in [-0.3, -0.25) is 19.3 Å². The summed E-state index contributed by atoms with van der Waals surface area (Å²) in [4.78, 5) is 19.0. The minimum absolute atomic E-state index is 0.0215. The Morgan fingerprint density at radius 3 is 2.46 bits per heavy atom. The van der Waals surface area contributed by atoms with Gasteiger partial charge < -0.3 is 5.11 Å². The highest BCUT2D eigenvalue weighted by Gasteiger charge is 2.14. The van der Waals surface area contributed by atoms with Gasteiger partial charge in [-0.1, -0.05) is 32.9 Å². The molecule has 1 atom stereocenters. The van der Waals surface area contributed by atoms with Crippen LogP contribution in [-0.2, 0) is 0 Å². The molecule has 2 rings (SSSR count). The van der Waals surface area contributed by atoms with Crippen molar-refractivity contribution >= 4 is 24.1 Å². The van der Waals surface area contributed by atoms with Gasteiger partial charge in [0.15, 0.2) is 4.77 Å². The van der Waals surface area contributed by atoms with Crippen molar-refractivity contribution in [2.45, 2.75) is 46.1 Å². The molecule has 1 heterocycles. The highest BCUT2D eigenvalue weighted by atomic mass is 32.1. The standard InChI is InChI=1S/C18H23N3O2S/c1-5-12(4)21-17(23)15(16(22)20-18(21)24)10-19-14-8-6-13(7-9-14)11(2)3/h6-12,23H,5H2,1-4H3,(H,20,22,24)/t12-/m1/s1. The van der Waals surface area contributed by atoms with E-state index in [0.717, 1.165) is 12.1 Å². The van der Waals surface area contributed by atoms with Gasteiger partial charge in [-0.05, 0) is 49.2 Å². The first-order valence-corrected chi connectivity index (χ1v) is 8.47. The number of aliphatic imine (C=N–C) groups is 1. The molecule has 0 fully saturated rings. The van der Waals surface area contributed by atoms with Gasteiger partial charge in [0.05, 0.1) is 5.69 Å². The van der Waals surface area contributed by atoms with Crippen LogP contribution in [0.3, 0.4) is 0 Å². The molecular weight excluding hydrogens is 322 g/mol. The molecule has 0 unspecified atom stereocenters. The average Bonchev–Trinajstić information content (AvgIpc) is 2.54. The molecule has 1 aromatic carbocycles. The summed E-state index contributed by atoms with van der Waals surface area (Å²) in [6.07, 6.45) is 2.16. The SMILES string of the molecule is CC[C@@H](C)n1c(O)c(C=Nc2ccc(C(C)C)cc2)c(=O)[nH]c1=S. The quantitative estimate of drug-likeness (QED) is 0.621. The van der Waals surface area contributed by atoms with Crippen LogP contribution in [0, 0.1) is 4.77 Å². The van der Waals surface area contributed by atoms with Crippen LogP contribution < -0.4 is 5.56 Å². The van der Waals surface area contributed by atoms with Crippen molar-refractivity contribution in [1.82, 2.24) is 9.55 Å². The van der Waals surface area contributed by atoms with Crippen LogP contribution in [0.25, 0.3) is 0 Å². The molecule has 0 aliphatic heterocycles. The molecule has 128 valence electrons. The maximum atomic E-state index is 12.1. The monoisotopic (exact) mass is 345 g/mol. The van der Waals surface area contributed by atoms with Crippen LogP contribution in [-0.4, -0.2) is 20.9 Å². The number of aromatic amines is 1. The lowest BCUT2D eigenvalue weighted by molar-refractivity contribution is 0.371. The highest BCUT2D eigenvalue weighted by Crippen LogP contribution is 2.22. The smallest absolute Gasteiger partial charge is 0.264 e. The molecule has 2 aromatic rings. The first-order chi connectivity index (χ1) is 11.3. The number of aromatic nitrogens is 2. The fraction of sp³-hybridized carbons (Fsp3) is 0.389. The normalized spacial score (nSPS) is 12.9. The number of nitrogens with zero attached hydrogens (tertiary/aromatic N) is 2. The van der Waals surface area contributed by atoms with E-state index in [9.17, 15) is 9.90 Å². The van der Waals surface area contributed by atoms with E-state index >= 15 is 0 Å². The predicted molar refractivity (Wildman–Crippen MR) is 100 cm³/mol. The second-order valence-electron chi connectivity index (χ2n) is 6.13. The Balaban J connectivity index is 2.42. The van der Waals surface area contributed by atoms with Gasteiger partial charge in [-0.15, -0.1) is 0 Å². The van der Waals surface area contributed by atoms with Crippen LogP contribution in [0.4, 0.5) is 5.69 Å². The van der Waals surface area contributed by atoms with Crippen molar-refractivity contribution in [2.75, 3.05) is 0 Å². The Morgan fingerprint density at radius 2 is 1.92 bits per heavy atom. The molecule has 24 heavy (non-hydrogen) atoms. The molecule has 1 aromatic heterocycles. The number of H-pyrrole nitrogens is 1. The van der Waals surface area contributed by atoms with Gasteiger partial charge in [0.2, 0.25) is 5.88 Å². The van der Waals surface area contributed by atoms with Gasteiger partial charge in [0, 0.05) is 12.3 Å². The molecule has 6 heteroatoms. The Labute approximate surface area is 146 Å². The molecule has 0 radical (unpaired) electrons. The van der Waals surface area contributed by atoms with E-state index in [-0.39, 0.29) is 22.3 Å². The number of benzene rings is 1. The lowest BCUT2D eigenvalue weighted by Gasteiger charge is -2.16. The number of aromatic hydroxyl groups is 1. The molecule has 5 nitrogen and oxygen atoms in total. The minimum Gasteiger partial charge on any atom is -0.494 e. The number of hydrogen-bond donors (Lipinski definition) is 2. The van der Waals surface area contributed by atoms with Gasteiger partial charge in [0.25, 0.3) is 5.56 Å². The van der Waals surface area contributed by atoms with Crippen molar-refractivity contribution in [3.8, 4) is 5.88 Å².